The average molecular weight is 398 g/mol. The van der Waals surface area contributed by atoms with Crippen LogP contribution >= 0.6 is 11.3 Å². The number of nitrogens with zero attached hydrogens (tertiary/aromatic N) is 3. The van der Waals surface area contributed by atoms with E-state index in [9.17, 15) is 4.79 Å². The number of hydrogen-bond acceptors (Lipinski definition) is 7. The smallest absolute Gasteiger partial charge is 0.260 e. The van der Waals surface area contributed by atoms with Crippen molar-refractivity contribution in [1.29, 1.82) is 0 Å². The molecule has 1 atom stereocenters. The molecule has 0 radical (unpaired) electrons. The van der Waals surface area contributed by atoms with E-state index in [4.69, 9.17) is 16.2 Å². The van der Waals surface area contributed by atoms with Gasteiger partial charge in [-0.2, -0.15) is 0 Å². The third-order valence-corrected chi connectivity index (χ3v) is 6.15. The molecule has 1 aliphatic heterocycles. The highest BCUT2D eigenvalue weighted by molar-refractivity contribution is 7.21. The quantitative estimate of drug-likeness (QED) is 0.662. The molecule has 0 aliphatic carbocycles. The van der Waals surface area contributed by atoms with Crippen LogP contribution in [0.1, 0.15) is 28.2 Å². The first-order valence-electron chi connectivity index (χ1n) is 9.33. The first kappa shape index (κ1) is 18.6. The van der Waals surface area contributed by atoms with Crippen molar-refractivity contribution < 1.29 is 9.53 Å². The van der Waals surface area contributed by atoms with Crippen molar-refractivity contribution in [1.82, 2.24) is 9.97 Å². The Morgan fingerprint density at radius 1 is 1.29 bits per heavy atom. The second-order valence-electron chi connectivity index (χ2n) is 7.01. The summed E-state index contributed by atoms with van der Waals surface area (Å²) in [6.07, 6.45) is 5.74. The van der Waals surface area contributed by atoms with Crippen LogP contribution in [-0.4, -0.2) is 35.6 Å². The van der Waals surface area contributed by atoms with Crippen LogP contribution < -0.4 is 16.4 Å². The molecule has 0 unspecified atom stereocenters. The zero-order valence-electron chi connectivity index (χ0n) is 15.5. The molecule has 3 aromatic rings. The van der Waals surface area contributed by atoms with Crippen molar-refractivity contribution in [3.05, 3.63) is 47.2 Å². The number of carbonyl (C=O) groups excluding carboxylic acids is 1. The minimum absolute atomic E-state index is 0.377. The van der Waals surface area contributed by atoms with Crippen molar-refractivity contribution in [3.63, 3.8) is 0 Å². The van der Waals surface area contributed by atoms with Gasteiger partial charge in [0.1, 0.15) is 9.71 Å². The molecule has 0 aromatic carbocycles. The van der Waals surface area contributed by atoms with Crippen LogP contribution in [0.5, 0.6) is 0 Å². The molecule has 1 aliphatic rings. The summed E-state index contributed by atoms with van der Waals surface area (Å²) in [5.74, 6) is -0.0814. The van der Waals surface area contributed by atoms with Crippen LogP contribution in [0.15, 0.2) is 36.7 Å². The van der Waals surface area contributed by atoms with E-state index in [1.54, 1.807) is 12.4 Å². The molecule has 146 valence electrons. The molecule has 4 heterocycles. The van der Waals surface area contributed by atoms with E-state index < -0.39 is 5.91 Å². The van der Waals surface area contributed by atoms with Crippen LogP contribution in [-0.2, 0) is 11.3 Å². The van der Waals surface area contributed by atoms with Gasteiger partial charge in [0.15, 0.2) is 0 Å². The molecule has 1 amide bonds. The number of nitrogen functional groups attached to an aromatic ring is 1. The molecular weight excluding hydrogens is 374 g/mol. The number of nitrogens with two attached hydrogens (primary N) is 2. The maximum Gasteiger partial charge on any atom is 0.260 e. The second kappa shape index (κ2) is 8.12. The molecule has 0 spiro atoms. The Bertz CT molecular complexity index is 975. The highest BCUT2D eigenvalue weighted by Gasteiger charge is 2.25. The van der Waals surface area contributed by atoms with Crippen molar-refractivity contribution in [3.8, 4) is 0 Å². The predicted molar refractivity (Wildman–Crippen MR) is 111 cm³/mol. The maximum absolute atomic E-state index is 11.7. The molecule has 1 fully saturated rings. The van der Waals surface area contributed by atoms with Gasteiger partial charge in [0.05, 0.1) is 35.7 Å². The monoisotopic (exact) mass is 397 g/mol. The lowest BCUT2D eigenvalue weighted by Gasteiger charge is -2.34. The van der Waals surface area contributed by atoms with Crippen LogP contribution in [0.2, 0.25) is 0 Å². The van der Waals surface area contributed by atoms with E-state index in [1.807, 2.05) is 24.3 Å². The standard InChI is InChI=1S/C20H23N5O2S/c21-17-16-15(6-8-24-20(16)28-18(17)19(22)26)25-9-3-4-13(10-25)11-27-12-14-5-1-2-7-23-14/h1-2,5-8,13H,3-4,9-12,21H2,(H2,22,26)/t13-/m0/s1. The van der Waals surface area contributed by atoms with Crippen LogP contribution in [0.4, 0.5) is 11.4 Å². The third-order valence-electron chi connectivity index (χ3n) is 5.02. The lowest BCUT2D eigenvalue weighted by Crippen LogP contribution is -2.37. The van der Waals surface area contributed by atoms with Crippen molar-refractivity contribution in [2.75, 3.05) is 30.3 Å². The van der Waals surface area contributed by atoms with Gasteiger partial charge in [0.25, 0.3) is 5.91 Å². The Kier molecular flexibility index (Phi) is 5.40. The average Bonchev–Trinajstić information content (AvgIpc) is 3.06. The molecule has 3 aromatic heterocycles. The van der Waals surface area contributed by atoms with E-state index >= 15 is 0 Å². The number of primary amides is 1. The van der Waals surface area contributed by atoms with Gasteiger partial charge in [0.2, 0.25) is 0 Å². The molecule has 4 N–H and O–H groups in total. The number of ether oxygens (including phenoxy) is 1. The number of carbonyl (C=O) groups is 1. The number of fused-ring (bicyclic) bond motifs is 1. The van der Waals surface area contributed by atoms with Crippen LogP contribution in [0, 0.1) is 5.92 Å². The summed E-state index contributed by atoms with van der Waals surface area (Å²) in [4.78, 5) is 23.8. The minimum atomic E-state index is -0.508. The number of amides is 1. The molecule has 0 saturated carbocycles. The summed E-state index contributed by atoms with van der Waals surface area (Å²) in [7, 11) is 0. The molecule has 28 heavy (non-hydrogen) atoms. The van der Waals surface area contributed by atoms with E-state index in [0.717, 1.165) is 47.5 Å². The summed E-state index contributed by atoms with van der Waals surface area (Å²) < 4.78 is 5.90. The lowest BCUT2D eigenvalue weighted by atomic mass is 9.98. The summed E-state index contributed by atoms with van der Waals surface area (Å²) >= 11 is 1.25. The largest absolute Gasteiger partial charge is 0.397 e. The van der Waals surface area contributed by atoms with Gasteiger partial charge >= 0.3 is 0 Å². The molecule has 1 saturated heterocycles. The molecular formula is C20H23N5O2S. The summed E-state index contributed by atoms with van der Waals surface area (Å²) in [6.45, 7) is 3.03. The summed E-state index contributed by atoms with van der Waals surface area (Å²) in [5.41, 5.74) is 14.1. The van der Waals surface area contributed by atoms with Gasteiger partial charge in [-0.25, -0.2) is 4.98 Å². The lowest BCUT2D eigenvalue weighted by molar-refractivity contribution is 0.0797. The normalized spacial score (nSPS) is 17.1. The van der Waals surface area contributed by atoms with E-state index in [2.05, 4.69) is 14.9 Å². The maximum atomic E-state index is 11.7. The Morgan fingerprint density at radius 3 is 2.96 bits per heavy atom. The van der Waals surface area contributed by atoms with Gasteiger partial charge in [-0.3, -0.25) is 9.78 Å². The highest BCUT2D eigenvalue weighted by atomic mass is 32.1. The third kappa shape index (κ3) is 3.79. The number of pyridine rings is 2. The zero-order valence-corrected chi connectivity index (χ0v) is 16.3. The van der Waals surface area contributed by atoms with Gasteiger partial charge in [-0.1, -0.05) is 6.07 Å². The van der Waals surface area contributed by atoms with E-state index in [1.165, 1.54) is 11.3 Å². The highest BCUT2D eigenvalue weighted by Crippen LogP contribution is 2.39. The molecule has 7 nitrogen and oxygen atoms in total. The Labute approximate surface area is 167 Å². The Hall–Kier alpha value is -2.71. The number of thiophene rings is 1. The zero-order chi connectivity index (χ0) is 19.5. The van der Waals surface area contributed by atoms with Gasteiger partial charge < -0.3 is 21.1 Å². The summed E-state index contributed by atoms with van der Waals surface area (Å²) in [6, 6.07) is 7.80. The van der Waals surface area contributed by atoms with Gasteiger partial charge in [-0.15, -0.1) is 11.3 Å². The first-order valence-corrected chi connectivity index (χ1v) is 10.1. The SMILES string of the molecule is NC(=O)c1sc2nccc(N3CCC[C@H](COCc4ccccn4)C3)c2c1N. The number of rotatable bonds is 6. The Balaban J connectivity index is 1.48. The van der Waals surface area contributed by atoms with Crippen molar-refractivity contribution >= 4 is 38.8 Å². The summed E-state index contributed by atoms with van der Waals surface area (Å²) in [5, 5.41) is 0.830. The minimum Gasteiger partial charge on any atom is -0.397 e. The van der Waals surface area contributed by atoms with Crippen molar-refractivity contribution in [2.24, 2.45) is 11.7 Å². The van der Waals surface area contributed by atoms with Crippen molar-refractivity contribution in [2.45, 2.75) is 19.4 Å². The fourth-order valence-electron chi connectivity index (χ4n) is 3.71. The molecule has 0 bridgehead atoms. The second-order valence-corrected chi connectivity index (χ2v) is 8.01. The molecule has 8 heteroatoms. The fraction of sp³-hybridized carbons (Fsp3) is 0.350. The van der Waals surface area contributed by atoms with E-state index in [0.29, 0.717) is 29.7 Å². The topological polar surface area (TPSA) is 107 Å². The number of anilines is 2. The van der Waals surface area contributed by atoms with Crippen LogP contribution in [0.25, 0.3) is 10.2 Å². The van der Waals surface area contributed by atoms with Crippen LogP contribution in [0.3, 0.4) is 0 Å². The van der Waals surface area contributed by atoms with Gasteiger partial charge in [0, 0.05) is 25.5 Å². The van der Waals surface area contributed by atoms with E-state index in [-0.39, 0.29) is 0 Å². The van der Waals surface area contributed by atoms with Gasteiger partial charge in [-0.05, 0) is 37.0 Å². The number of aromatic nitrogens is 2. The first-order chi connectivity index (χ1) is 13.6. The fourth-order valence-corrected chi connectivity index (χ4v) is 4.64. The Morgan fingerprint density at radius 2 is 2.18 bits per heavy atom. The number of piperidine rings is 1. The number of hydrogen-bond donors (Lipinski definition) is 2. The molecule has 4 rings (SSSR count). The predicted octanol–water partition coefficient (Wildman–Crippen LogP) is 2.81.